The van der Waals surface area contributed by atoms with E-state index in [-0.39, 0.29) is 11.8 Å². The zero-order chi connectivity index (χ0) is 15.7. The highest BCUT2D eigenvalue weighted by Crippen LogP contribution is 2.08. The zero-order valence-corrected chi connectivity index (χ0v) is 13.0. The van der Waals surface area contributed by atoms with Crippen LogP contribution in [-0.4, -0.2) is 50.6 Å². The van der Waals surface area contributed by atoms with Gasteiger partial charge in [0.1, 0.15) is 0 Å². The number of hydrogen-bond donors (Lipinski definition) is 1. The Balaban J connectivity index is 2.71. The number of ether oxygens (including phenoxy) is 1. The van der Waals surface area contributed by atoms with Crippen LogP contribution in [0.2, 0.25) is 0 Å². The van der Waals surface area contributed by atoms with E-state index >= 15 is 0 Å². The first-order valence-electron chi connectivity index (χ1n) is 7.22. The second kappa shape index (κ2) is 9.13. The van der Waals surface area contributed by atoms with E-state index in [2.05, 4.69) is 12.2 Å². The van der Waals surface area contributed by atoms with E-state index in [1.165, 1.54) is 0 Å². The average Bonchev–Trinajstić information content (AvgIpc) is 2.52. The minimum atomic E-state index is -0.196. The summed E-state index contributed by atoms with van der Waals surface area (Å²) in [6.07, 6.45) is 2.01. The Hall–Kier alpha value is -1.88. The zero-order valence-electron chi connectivity index (χ0n) is 13.0. The fourth-order valence-electron chi connectivity index (χ4n) is 1.88. The third kappa shape index (κ3) is 5.55. The van der Waals surface area contributed by atoms with Gasteiger partial charge in [0.15, 0.2) is 0 Å². The number of unbranched alkanes of at least 4 members (excludes halogenated alkanes) is 1. The maximum absolute atomic E-state index is 12.3. The average molecular weight is 292 g/mol. The summed E-state index contributed by atoms with van der Waals surface area (Å²) in [7, 11) is 3.36. The van der Waals surface area contributed by atoms with Crippen LogP contribution in [0, 0.1) is 0 Å². The molecule has 0 atom stereocenters. The summed E-state index contributed by atoms with van der Waals surface area (Å²) in [5.74, 6) is -0.257. The van der Waals surface area contributed by atoms with Gasteiger partial charge in [-0.15, -0.1) is 0 Å². The maximum atomic E-state index is 12.3. The van der Waals surface area contributed by atoms with Gasteiger partial charge in [-0.05, 0) is 24.6 Å². The standard InChI is InChI=1S/C16H24N2O3/c1-4-5-10-18(2)16(20)14-8-6-7-13(12-14)15(19)17-9-11-21-3/h6-8,12H,4-5,9-11H2,1-3H3,(H,17,19). The number of hydrogen-bond acceptors (Lipinski definition) is 3. The first-order valence-corrected chi connectivity index (χ1v) is 7.22. The molecule has 0 aromatic heterocycles. The number of benzene rings is 1. The topological polar surface area (TPSA) is 58.6 Å². The number of carbonyl (C=O) groups excluding carboxylic acids is 2. The molecule has 0 heterocycles. The minimum absolute atomic E-state index is 0.0602. The summed E-state index contributed by atoms with van der Waals surface area (Å²) in [4.78, 5) is 25.9. The van der Waals surface area contributed by atoms with E-state index in [1.807, 2.05) is 0 Å². The molecule has 5 nitrogen and oxygen atoms in total. The van der Waals surface area contributed by atoms with Crippen molar-refractivity contribution in [3.8, 4) is 0 Å². The molecule has 1 aromatic rings. The van der Waals surface area contributed by atoms with Crippen molar-refractivity contribution >= 4 is 11.8 Å². The van der Waals surface area contributed by atoms with Crippen molar-refractivity contribution < 1.29 is 14.3 Å². The molecule has 5 heteroatoms. The minimum Gasteiger partial charge on any atom is -0.383 e. The Morgan fingerprint density at radius 3 is 2.67 bits per heavy atom. The summed E-state index contributed by atoms with van der Waals surface area (Å²) >= 11 is 0. The lowest BCUT2D eigenvalue weighted by molar-refractivity contribution is 0.0793. The predicted molar refractivity (Wildman–Crippen MR) is 82.5 cm³/mol. The van der Waals surface area contributed by atoms with Crippen LogP contribution in [0.1, 0.15) is 40.5 Å². The van der Waals surface area contributed by atoms with Crippen LogP contribution < -0.4 is 5.32 Å². The molecule has 0 bridgehead atoms. The van der Waals surface area contributed by atoms with Crippen molar-refractivity contribution in [3.63, 3.8) is 0 Å². The summed E-state index contributed by atoms with van der Waals surface area (Å²) < 4.78 is 4.88. The summed E-state index contributed by atoms with van der Waals surface area (Å²) in [6.45, 7) is 3.72. The molecule has 2 amide bonds. The molecule has 1 rings (SSSR count). The molecule has 0 fully saturated rings. The first-order chi connectivity index (χ1) is 10.1. The van der Waals surface area contributed by atoms with Gasteiger partial charge in [-0.2, -0.15) is 0 Å². The number of nitrogens with zero attached hydrogens (tertiary/aromatic N) is 1. The monoisotopic (exact) mass is 292 g/mol. The van der Waals surface area contributed by atoms with Crippen molar-refractivity contribution in [3.05, 3.63) is 35.4 Å². The summed E-state index contributed by atoms with van der Waals surface area (Å²) in [6, 6.07) is 6.79. The second-order valence-corrected chi connectivity index (χ2v) is 4.91. The van der Waals surface area contributed by atoms with Crippen molar-refractivity contribution in [2.75, 3.05) is 33.9 Å². The highest BCUT2D eigenvalue weighted by Gasteiger charge is 2.13. The summed E-state index contributed by atoms with van der Waals surface area (Å²) in [5.41, 5.74) is 1.02. The fraction of sp³-hybridized carbons (Fsp3) is 0.500. The Kier molecular flexibility index (Phi) is 7.46. The normalized spacial score (nSPS) is 10.2. The fourth-order valence-corrected chi connectivity index (χ4v) is 1.88. The van der Waals surface area contributed by atoms with E-state index in [0.717, 1.165) is 19.4 Å². The third-order valence-corrected chi connectivity index (χ3v) is 3.16. The van der Waals surface area contributed by atoms with Crippen LogP contribution in [-0.2, 0) is 4.74 Å². The molecule has 0 saturated heterocycles. The summed E-state index contributed by atoms with van der Waals surface area (Å²) in [5, 5.41) is 2.74. The van der Waals surface area contributed by atoms with Gasteiger partial charge in [-0.1, -0.05) is 19.4 Å². The number of rotatable bonds is 8. The lowest BCUT2D eigenvalue weighted by atomic mass is 10.1. The molecule has 1 aromatic carbocycles. The molecular formula is C16H24N2O3. The Labute approximate surface area is 126 Å². The molecule has 0 radical (unpaired) electrons. The molecule has 116 valence electrons. The quantitative estimate of drug-likeness (QED) is 0.745. The van der Waals surface area contributed by atoms with Crippen molar-refractivity contribution in [1.82, 2.24) is 10.2 Å². The van der Waals surface area contributed by atoms with Gasteiger partial charge >= 0.3 is 0 Å². The Bertz CT molecular complexity index is 474. The molecule has 1 N–H and O–H groups in total. The third-order valence-electron chi connectivity index (χ3n) is 3.16. The second-order valence-electron chi connectivity index (χ2n) is 4.91. The first kappa shape index (κ1) is 17.2. The van der Waals surface area contributed by atoms with Crippen LogP contribution in [0.15, 0.2) is 24.3 Å². The van der Waals surface area contributed by atoms with Crippen LogP contribution in [0.3, 0.4) is 0 Å². The molecule has 0 aliphatic rings. The molecule has 21 heavy (non-hydrogen) atoms. The van der Waals surface area contributed by atoms with Crippen LogP contribution in [0.25, 0.3) is 0 Å². The smallest absolute Gasteiger partial charge is 0.253 e. The van der Waals surface area contributed by atoms with Gasteiger partial charge in [-0.25, -0.2) is 0 Å². The van der Waals surface area contributed by atoms with Gasteiger partial charge in [0, 0.05) is 38.4 Å². The van der Waals surface area contributed by atoms with E-state index in [4.69, 9.17) is 4.74 Å². The molecule has 0 aliphatic carbocycles. The maximum Gasteiger partial charge on any atom is 0.253 e. The molecule has 0 saturated carbocycles. The number of amides is 2. The highest BCUT2D eigenvalue weighted by atomic mass is 16.5. The van der Waals surface area contributed by atoms with Gasteiger partial charge < -0.3 is 15.0 Å². The number of methoxy groups -OCH3 is 1. The van der Waals surface area contributed by atoms with E-state index in [9.17, 15) is 9.59 Å². The van der Waals surface area contributed by atoms with Crippen molar-refractivity contribution in [2.45, 2.75) is 19.8 Å². The van der Waals surface area contributed by atoms with E-state index < -0.39 is 0 Å². The SMILES string of the molecule is CCCCN(C)C(=O)c1cccc(C(=O)NCCOC)c1. The molecule has 0 aliphatic heterocycles. The van der Waals surface area contributed by atoms with Crippen LogP contribution in [0.4, 0.5) is 0 Å². The number of nitrogens with one attached hydrogen (secondary N) is 1. The van der Waals surface area contributed by atoms with E-state index in [0.29, 0.717) is 24.3 Å². The highest BCUT2D eigenvalue weighted by molar-refractivity contribution is 5.99. The molecule has 0 spiro atoms. The van der Waals surface area contributed by atoms with Crippen LogP contribution >= 0.6 is 0 Å². The van der Waals surface area contributed by atoms with Gasteiger partial charge in [-0.3, -0.25) is 9.59 Å². The van der Waals surface area contributed by atoms with Gasteiger partial charge in [0.05, 0.1) is 6.61 Å². The lowest BCUT2D eigenvalue weighted by Gasteiger charge is -2.17. The Morgan fingerprint density at radius 2 is 2.00 bits per heavy atom. The predicted octanol–water partition coefficient (Wildman–Crippen LogP) is 1.93. The lowest BCUT2D eigenvalue weighted by Crippen LogP contribution is -2.29. The Morgan fingerprint density at radius 1 is 1.29 bits per heavy atom. The van der Waals surface area contributed by atoms with Crippen LogP contribution in [0.5, 0.6) is 0 Å². The van der Waals surface area contributed by atoms with E-state index in [1.54, 1.807) is 43.3 Å². The van der Waals surface area contributed by atoms with Crippen molar-refractivity contribution in [2.24, 2.45) is 0 Å². The molecular weight excluding hydrogens is 268 g/mol. The van der Waals surface area contributed by atoms with Gasteiger partial charge in [0.2, 0.25) is 0 Å². The largest absolute Gasteiger partial charge is 0.383 e. The van der Waals surface area contributed by atoms with Crippen molar-refractivity contribution in [1.29, 1.82) is 0 Å². The molecule has 0 unspecified atom stereocenters. The van der Waals surface area contributed by atoms with Gasteiger partial charge in [0.25, 0.3) is 11.8 Å². The number of carbonyl (C=O) groups is 2.